The van der Waals surface area contributed by atoms with Crippen LogP contribution in [0.25, 0.3) is 11.0 Å². The van der Waals surface area contributed by atoms with Crippen molar-refractivity contribution >= 4 is 28.1 Å². The molecule has 0 aliphatic carbocycles. The summed E-state index contributed by atoms with van der Waals surface area (Å²) < 4.78 is 29.9. The van der Waals surface area contributed by atoms with Crippen LogP contribution in [0, 0.1) is 5.82 Å². The van der Waals surface area contributed by atoms with Crippen LogP contribution in [-0.4, -0.2) is 81.3 Å². The third kappa shape index (κ3) is 9.19. The lowest BCUT2D eigenvalue weighted by molar-refractivity contribution is 0.101. The Kier molecular flexibility index (Phi) is 12.6. The van der Waals surface area contributed by atoms with Gasteiger partial charge in [0, 0.05) is 47.4 Å². The van der Waals surface area contributed by atoms with Crippen molar-refractivity contribution in [2.24, 2.45) is 0 Å². The third-order valence-corrected chi connectivity index (χ3v) is 10.1. The highest BCUT2D eigenvalue weighted by atomic mass is 19.1. The summed E-state index contributed by atoms with van der Waals surface area (Å²) >= 11 is 0. The molecule has 0 amide bonds. The normalized spacial score (nSPS) is 14.7. The first kappa shape index (κ1) is 37.0. The fourth-order valence-corrected chi connectivity index (χ4v) is 7.29. The van der Waals surface area contributed by atoms with Crippen molar-refractivity contribution in [3.05, 3.63) is 113 Å². The number of ether oxygens (including phenoxy) is 2. The topological polar surface area (TPSA) is 71.3 Å². The fraction of sp³-hybridized carbons (Fsp3) is 0.395. The summed E-state index contributed by atoms with van der Waals surface area (Å²) in [5, 5.41) is 5.13. The van der Waals surface area contributed by atoms with Crippen molar-refractivity contribution in [3.8, 4) is 11.5 Å². The lowest BCUT2D eigenvalue weighted by atomic mass is 9.91. The number of hydrogen-bond donors (Lipinski definition) is 0. The molecule has 2 aliphatic heterocycles. The van der Waals surface area contributed by atoms with Gasteiger partial charge in [0.25, 0.3) is 0 Å². The zero-order chi connectivity index (χ0) is 36.5. The molecule has 0 atom stereocenters. The van der Waals surface area contributed by atoms with E-state index in [1.54, 1.807) is 31.4 Å². The number of Topliss-reactive ketones (excluding diaryl/α,β-unsaturated/α-hetero) is 1. The molecule has 9 heteroatoms. The molecule has 1 fully saturated rings. The van der Waals surface area contributed by atoms with Crippen LogP contribution in [0.15, 0.2) is 89.5 Å². The highest BCUT2D eigenvalue weighted by Crippen LogP contribution is 2.36. The van der Waals surface area contributed by atoms with Crippen molar-refractivity contribution < 1.29 is 23.2 Å². The number of aromatic nitrogens is 1. The number of halogens is 1. The number of benzene rings is 4. The van der Waals surface area contributed by atoms with E-state index >= 15 is 0 Å². The summed E-state index contributed by atoms with van der Waals surface area (Å²) in [5.74, 6) is 1.26. The molecule has 0 saturated carbocycles. The molecule has 8 nitrogen and oxygen atoms in total. The molecular weight excluding hydrogens is 655 g/mol. The van der Waals surface area contributed by atoms with Gasteiger partial charge in [-0.2, -0.15) is 0 Å². The van der Waals surface area contributed by atoms with E-state index in [-0.39, 0.29) is 11.6 Å². The number of nitrogens with zero attached hydrogens (tertiary/aromatic N) is 4. The van der Waals surface area contributed by atoms with Crippen molar-refractivity contribution in [2.75, 3.05) is 65.4 Å². The first-order valence-corrected chi connectivity index (χ1v) is 18.5. The Bertz CT molecular complexity index is 1890. The van der Waals surface area contributed by atoms with Crippen LogP contribution in [0.4, 0.5) is 15.8 Å². The van der Waals surface area contributed by atoms with Crippen molar-refractivity contribution in [1.82, 2.24) is 15.0 Å². The Morgan fingerprint density at radius 1 is 0.885 bits per heavy atom. The SMILES string of the molecule is CN(C)CCCN1c2ccccc2CCc2ccccc21.COc1cc(C(C)=O)ccc1OCCCN1CCC(c2noc3cc(F)ccc23)CC1. The van der Waals surface area contributed by atoms with Gasteiger partial charge < -0.3 is 28.7 Å². The molecular formula is C43H51FN4O4. The van der Waals surface area contributed by atoms with Gasteiger partial charge in [0.1, 0.15) is 5.82 Å². The largest absolute Gasteiger partial charge is 0.493 e. The first-order valence-electron chi connectivity index (χ1n) is 18.5. The van der Waals surface area contributed by atoms with E-state index in [1.807, 2.05) is 0 Å². The average Bonchev–Trinajstić information content (AvgIpc) is 3.50. The van der Waals surface area contributed by atoms with E-state index in [0.29, 0.717) is 35.2 Å². The van der Waals surface area contributed by atoms with Gasteiger partial charge in [-0.05, 0) is 133 Å². The zero-order valence-corrected chi connectivity index (χ0v) is 30.9. The van der Waals surface area contributed by atoms with Crippen LogP contribution in [0.2, 0.25) is 0 Å². The average molecular weight is 707 g/mol. The Hall–Kier alpha value is -4.73. The predicted octanol–water partition coefficient (Wildman–Crippen LogP) is 8.70. The van der Waals surface area contributed by atoms with Crippen LogP contribution < -0.4 is 14.4 Å². The van der Waals surface area contributed by atoms with Crippen molar-refractivity contribution in [1.29, 1.82) is 0 Å². The first-order chi connectivity index (χ1) is 25.3. The van der Waals surface area contributed by atoms with E-state index in [4.69, 9.17) is 14.0 Å². The minimum absolute atomic E-state index is 0.000894. The van der Waals surface area contributed by atoms with Gasteiger partial charge in [-0.25, -0.2) is 4.39 Å². The quantitative estimate of drug-likeness (QED) is 0.0943. The fourth-order valence-electron chi connectivity index (χ4n) is 7.29. The molecule has 4 aromatic carbocycles. The van der Waals surface area contributed by atoms with E-state index in [9.17, 15) is 9.18 Å². The molecule has 0 unspecified atom stereocenters. The summed E-state index contributed by atoms with van der Waals surface area (Å²) in [6, 6.07) is 27.6. The lowest BCUT2D eigenvalue weighted by Gasteiger charge is -2.31. The van der Waals surface area contributed by atoms with Gasteiger partial charge in [0.15, 0.2) is 22.9 Å². The number of rotatable bonds is 12. The van der Waals surface area contributed by atoms with Crippen LogP contribution in [0.5, 0.6) is 11.5 Å². The summed E-state index contributed by atoms with van der Waals surface area (Å²) in [4.78, 5) is 18.7. The van der Waals surface area contributed by atoms with Gasteiger partial charge in [0.05, 0.1) is 19.4 Å². The summed E-state index contributed by atoms with van der Waals surface area (Å²) in [6.07, 6.45) is 6.35. The highest BCUT2D eigenvalue weighted by Gasteiger charge is 2.25. The molecule has 3 heterocycles. The second-order valence-electron chi connectivity index (χ2n) is 14.0. The number of para-hydroxylation sites is 2. The number of hydrogen-bond acceptors (Lipinski definition) is 8. The molecule has 7 rings (SSSR count). The Balaban J connectivity index is 0.000000192. The van der Waals surface area contributed by atoms with E-state index in [1.165, 1.54) is 48.0 Å². The summed E-state index contributed by atoms with van der Waals surface area (Å²) in [6.45, 7) is 7.23. The van der Waals surface area contributed by atoms with Crippen LogP contribution >= 0.6 is 0 Å². The molecule has 0 N–H and O–H groups in total. The highest BCUT2D eigenvalue weighted by molar-refractivity contribution is 5.94. The van der Waals surface area contributed by atoms with Gasteiger partial charge in [-0.3, -0.25) is 4.79 Å². The number of carbonyl (C=O) groups excluding carboxylic acids is 1. The van der Waals surface area contributed by atoms with Crippen molar-refractivity contribution in [2.45, 2.75) is 51.4 Å². The maximum atomic E-state index is 13.4. The second-order valence-corrected chi connectivity index (χ2v) is 14.0. The molecule has 0 bridgehead atoms. The van der Waals surface area contributed by atoms with Gasteiger partial charge >= 0.3 is 0 Å². The Morgan fingerprint density at radius 2 is 1.58 bits per heavy atom. The number of methoxy groups -OCH3 is 1. The molecule has 0 radical (unpaired) electrons. The maximum absolute atomic E-state index is 13.4. The van der Waals surface area contributed by atoms with Crippen LogP contribution in [0.1, 0.15) is 65.7 Å². The molecule has 1 aromatic heterocycles. The molecule has 274 valence electrons. The zero-order valence-electron chi connectivity index (χ0n) is 30.9. The molecule has 2 aliphatic rings. The molecule has 52 heavy (non-hydrogen) atoms. The number of fused-ring (bicyclic) bond motifs is 3. The minimum atomic E-state index is -0.306. The number of carbonyl (C=O) groups is 1. The van der Waals surface area contributed by atoms with E-state index < -0.39 is 0 Å². The van der Waals surface area contributed by atoms with Gasteiger partial charge in [-0.15, -0.1) is 0 Å². The number of aryl methyl sites for hydroxylation is 2. The van der Waals surface area contributed by atoms with E-state index in [2.05, 4.69) is 82.5 Å². The number of piperidine rings is 1. The monoisotopic (exact) mass is 706 g/mol. The van der Waals surface area contributed by atoms with Crippen LogP contribution in [-0.2, 0) is 12.8 Å². The second kappa shape index (κ2) is 17.7. The maximum Gasteiger partial charge on any atom is 0.170 e. The summed E-state index contributed by atoms with van der Waals surface area (Å²) in [5.41, 5.74) is 7.79. The smallest absolute Gasteiger partial charge is 0.170 e. The number of anilines is 2. The van der Waals surface area contributed by atoms with Gasteiger partial charge in [-0.1, -0.05) is 41.6 Å². The Morgan fingerprint density at radius 3 is 2.23 bits per heavy atom. The number of ketones is 1. The lowest BCUT2D eigenvalue weighted by Crippen LogP contribution is -2.34. The predicted molar refractivity (Wildman–Crippen MR) is 206 cm³/mol. The minimum Gasteiger partial charge on any atom is -0.493 e. The standard InChI is InChI=1S/C24H27FN2O4.C19H24N2/c1-16(28)18-4-7-21(23(14-18)29-2)30-13-3-10-27-11-8-17(9-12-27)24-20-6-5-19(25)15-22(20)31-26-24;1-20(2)14-7-15-21-18-10-5-3-8-16(18)12-13-17-9-4-6-11-19(17)21/h4-7,14-15,17H,3,8-13H2,1-2H3;3-6,8-11H,7,12-15H2,1-2H3. The van der Waals surface area contributed by atoms with Crippen molar-refractivity contribution in [3.63, 3.8) is 0 Å². The molecule has 1 saturated heterocycles. The van der Waals surface area contributed by atoms with E-state index in [0.717, 1.165) is 75.9 Å². The third-order valence-electron chi connectivity index (χ3n) is 10.1. The van der Waals surface area contributed by atoms with Crippen LogP contribution in [0.3, 0.4) is 0 Å². The van der Waals surface area contributed by atoms with Gasteiger partial charge in [0.2, 0.25) is 0 Å². The summed E-state index contributed by atoms with van der Waals surface area (Å²) in [7, 11) is 5.86. The number of likely N-dealkylation sites (tertiary alicyclic amines) is 1. The Labute approximate surface area is 307 Å². The molecule has 5 aromatic rings. The molecule has 0 spiro atoms.